The van der Waals surface area contributed by atoms with Crippen molar-refractivity contribution >= 4 is 47.2 Å². The van der Waals surface area contributed by atoms with Crippen molar-refractivity contribution < 1.29 is 0 Å². The second-order valence-corrected chi connectivity index (χ2v) is 6.31. The van der Waals surface area contributed by atoms with Crippen molar-refractivity contribution in [3.05, 3.63) is 33.8 Å². The first-order valence-corrected chi connectivity index (χ1v) is 8.06. The van der Waals surface area contributed by atoms with E-state index in [1.165, 1.54) is 10.4 Å². The van der Waals surface area contributed by atoms with Crippen molar-refractivity contribution in [1.82, 2.24) is 20.2 Å². The lowest BCUT2D eigenvalue weighted by Gasteiger charge is -2.14. The quantitative estimate of drug-likeness (QED) is 0.419. The fourth-order valence-corrected chi connectivity index (χ4v) is 3.00. The predicted octanol–water partition coefficient (Wildman–Crippen LogP) is 2.34. The van der Waals surface area contributed by atoms with E-state index in [0.29, 0.717) is 6.54 Å². The fourth-order valence-electron chi connectivity index (χ4n) is 2.16. The standard InChI is InChI=1S/C15H24N6S.HI/c1-11-6-7-22-13(11)10-18-14(16-2)17-8-12-9-19-15(20(3)4)21(12)5;/h6-7,9H,8,10H2,1-5H3,(H2,16,17,18);1H. The molecule has 0 aromatic carbocycles. The first-order valence-electron chi connectivity index (χ1n) is 7.18. The molecule has 0 fully saturated rings. The number of halogens is 1. The number of nitrogens with one attached hydrogen (secondary N) is 2. The zero-order chi connectivity index (χ0) is 16.1. The van der Waals surface area contributed by atoms with Crippen LogP contribution < -0.4 is 15.5 Å². The van der Waals surface area contributed by atoms with E-state index in [1.807, 2.05) is 32.2 Å². The maximum absolute atomic E-state index is 4.41. The summed E-state index contributed by atoms with van der Waals surface area (Å²) in [6.07, 6.45) is 1.89. The van der Waals surface area contributed by atoms with Crippen LogP contribution in [0.3, 0.4) is 0 Å². The predicted molar refractivity (Wildman–Crippen MR) is 109 cm³/mol. The van der Waals surface area contributed by atoms with Gasteiger partial charge in [-0.25, -0.2) is 4.98 Å². The summed E-state index contributed by atoms with van der Waals surface area (Å²) in [5.41, 5.74) is 2.43. The second-order valence-electron chi connectivity index (χ2n) is 5.31. The molecule has 0 aliphatic rings. The van der Waals surface area contributed by atoms with Crippen LogP contribution >= 0.6 is 35.3 Å². The number of aliphatic imine (C=N–C) groups is 1. The zero-order valence-electron chi connectivity index (χ0n) is 14.3. The maximum atomic E-state index is 4.41. The van der Waals surface area contributed by atoms with E-state index in [9.17, 15) is 0 Å². The van der Waals surface area contributed by atoms with Crippen molar-refractivity contribution in [2.24, 2.45) is 12.0 Å². The van der Waals surface area contributed by atoms with E-state index in [2.05, 4.69) is 43.5 Å². The van der Waals surface area contributed by atoms with Crippen LogP contribution in [-0.2, 0) is 20.1 Å². The molecule has 0 amide bonds. The highest BCUT2D eigenvalue weighted by Gasteiger charge is 2.08. The van der Waals surface area contributed by atoms with Crippen molar-refractivity contribution in [2.75, 3.05) is 26.0 Å². The molecular formula is C15H25IN6S. The smallest absolute Gasteiger partial charge is 0.204 e. The Morgan fingerprint density at radius 1 is 1.35 bits per heavy atom. The average molecular weight is 448 g/mol. The Labute approximate surface area is 159 Å². The van der Waals surface area contributed by atoms with Crippen LogP contribution in [0.4, 0.5) is 5.95 Å². The molecule has 6 nitrogen and oxygen atoms in total. The van der Waals surface area contributed by atoms with Gasteiger partial charge in [0.15, 0.2) is 5.96 Å². The van der Waals surface area contributed by atoms with Crippen molar-refractivity contribution in [3.63, 3.8) is 0 Å². The van der Waals surface area contributed by atoms with Gasteiger partial charge >= 0.3 is 0 Å². The molecule has 0 bridgehead atoms. The number of aromatic nitrogens is 2. The van der Waals surface area contributed by atoms with E-state index in [0.717, 1.165) is 24.1 Å². The number of hydrogen-bond acceptors (Lipinski definition) is 4. The lowest BCUT2D eigenvalue weighted by molar-refractivity contribution is 0.745. The SMILES string of the molecule is CN=C(NCc1sccc1C)NCc1cnc(N(C)C)n1C.I. The fraction of sp³-hybridized carbons (Fsp3) is 0.467. The summed E-state index contributed by atoms with van der Waals surface area (Å²) >= 11 is 1.76. The molecule has 0 saturated carbocycles. The first-order chi connectivity index (χ1) is 10.5. The molecule has 0 spiro atoms. The average Bonchev–Trinajstić information content (AvgIpc) is 3.06. The third kappa shape index (κ3) is 5.10. The van der Waals surface area contributed by atoms with Gasteiger partial charge in [-0.3, -0.25) is 4.99 Å². The molecule has 2 aromatic rings. The number of rotatable bonds is 5. The number of hydrogen-bond donors (Lipinski definition) is 2. The Kier molecular flexibility index (Phi) is 7.83. The highest BCUT2D eigenvalue weighted by molar-refractivity contribution is 14.0. The first kappa shape index (κ1) is 19.8. The number of anilines is 1. The van der Waals surface area contributed by atoms with Crippen molar-refractivity contribution in [3.8, 4) is 0 Å². The molecule has 0 aliphatic heterocycles. The highest BCUT2D eigenvalue weighted by atomic mass is 127. The number of guanidine groups is 1. The lowest BCUT2D eigenvalue weighted by Crippen LogP contribution is -2.36. The molecule has 2 rings (SSSR count). The molecule has 8 heteroatoms. The van der Waals surface area contributed by atoms with Gasteiger partial charge in [-0.2, -0.15) is 0 Å². The molecule has 0 atom stereocenters. The van der Waals surface area contributed by atoms with Gasteiger partial charge in [0.05, 0.1) is 25.0 Å². The largest absolute Gasteiger partial charge is 0.352 e. The number of nitrogens with zero attached hydrogens (tertiary/aromatic N) is 4. The molecule has 2 heterocycles. The van der Waals surface area contributed by atoms with Gasteiger partial charge in [-0.05, 0) is 23.9 Å². The Bertz CT molecular complexity index is 646. The molecule has 2 N–H and O–H groups in total. The minimum Gasteiger partial charge on any atom is -0.352 e. The third-order valence-electron chi connectivity index (χ3n) is 3.50. The molecule has 0 aliphatic carbocycles. The van der Waals surface area contributed by atoms with Gasteiger partial charge < -0.3 is 20.1 Å². The molecule has 2 aromatic heterocycles. The van der Waals surface area contributed by atoms with E-state index >= 15 is 0 Å². The van der Waals surface area contributed by atoms with Crippen LogP contribution in [0.5, 0.6) is 0 Å². The van der Waals surface area contributed by atoms with Crippen LogP contribution in [0.25, 0.3) is 0 Å². The van der Waals surface area contributed by atoms with Gasteiger partial charge in [0.2, 0.25) is 5.95 Å². The van der Waals surface area contributed by atoms with Gasteiger partial charge in [-0.1, -0.05) is 0 Å². The van der Waals surface area contributed by atoms with E-state index in [1.54, 1.807) is 18.4 Å². The summed E-state index contributed by atoms with van der Waals surface area (Å²) in [4.78, 5) is 12.0. The molecular weight excluding hydrogens is 423 g/mol. The molecule has 128 valence electrons. The van der Waals surface area contributed by atoms with Gasteiger partial charge in [-0.15, -0.1) is 35.3 Å². The molecule has 0 saturated heterocycles. The molecule has 0 unspecified atom stereocenters. The second kappa shape index (κ2) is 9.11. The van der Waals surface area contributed by atoms with E-state index in [4.69, 9.17) is 0 Å². The Hall–Kier alpha value is -1.29. The van der Waals surface area contributed by atoms with Gasteiger partial charge in [0.1, 0.15) is 0 Å². The van der Waals surface area contributed by atoms with Crippen LogP contribution in [0.2, 0.25) is 0 Å². The topological polar surface area (TPSA) is 57.5 Å². The lowest BCUT2D eigenvalue weighted by atomic mass is 10.3. The summed E-state index contributed by atoms with van der Waals surface area (Å²) in [5, 5.41) is 8.78. The number of thiophene rings is 1. The number of imidazole rings is 1. The third-order valence-corrected chi connectivity index (χ3v) is 4.53. The normalized spacial score (nSPS) is 11.1. The minimum atomic E-state index is 0. The van der Waals surface area contributed by atoms with E-state index < -0.39 is 0 Å². The summed E-state index contributed by atoms with van der Waals surface area (Å²) in [6.45, 7) is 3.60. The van der Waals surface area contributed by atoms with Crippen LogP contribution in [-0.4, -0.2) is 36.7 Å². The van der Waals surface area contributed by atoms with E-state index in [-0.39, 0.29) is 24.0 Å². The summed E-state index contributed by atoms with van der Waals surface area (Å²) in [7, 11) is 7.78. The number of aryl methyl sites for hydroxylation is 1. The van der Waals surface area contributed by atoms with Crippen molar-refractivity contribution in [2.45, 2.75) is 20.0 Å². The summed E-state index contributed by atoms with van der Waals surface area (Å²) in [6, 6.07) is 2.14. The summed E-state index contributed by atoms with van der Waals surface area (Å²) < 4.78 is 2.07. The Morgan fingerprint density at radius 2 is 2.04 bits per heavy atom. The van der Waals surface area contributed by atoms with Gasteiger partial charge in [0.25, 0.3) is 0 Å². The Balaban J connectivity index is 0.00000264. The maximum Gasteiger partial charge on any atom is 0.204 e. The minimum absolute atomic E-state index is 0. The van der Waals surface area contributed by atoms with Crippen LogP contribution in [0.1, 0.15) is 16.1 Å². The van der Waals surface area contributed by atoms with Crippen LogP contribution in [0.15, 0.2) is 22.6 Å². The molecule has 0 radical (unpaired) electrons. The van der Waals surface area contributed by atoms with Crippen LogP contribution in [0, 0.1) is 6.92 Å². The monoisotopic (exact) mass is 448 g/mol. The van der Waals surface area contributed by atoms with Gasteiger partial charge in [0, 0.05) is 33.1 Å². The van der Waals surface area contributed by atoms with Crippen molar-refractivity contribution in [1.29, 1.82) is 0 Å². The Morgan fingerprint density at radius 3 is 2.57 bits per heavy atom. The highest BCUT2D eigenvalue weighted by Crippen LogP contribution is 2.14. The summed E-state index contributed by atoms with van der Waals surface area (Å²) in [5.74, 6) is 1.73. The molecule has 23 heavy (non-hydrogen) atoms. The zero-order valence-corrected chi connectivity index (χ0v) is 17.4.